The fourth-order valence-electron chi connectivity index (χ4n) is 0.957. The molecular formula is C8H11N5. The number of rotatable bonds is 2. The van der Waals surface area contributed by atoms with E-state index < -0.39 is 6.04 Å². The summed E-state index contributed by atoms with van der Waals surface area (Å²) in [5, 5.41) is 8.58. The van der Waals surface area contributed by atoms with Gasteiger partial charge in [0.2, 0.25) is 0 Å². The van der Waals surface area contributed by atoms with E-state index in [0.717, 1.165) is 0 Å². The number of pyridine rings is 1. The lowest BCUT2D eigenvalue weighted by molar-refractivity contribution is 0.713. The lowest BCUT2D eigenvalue weighted by atomic mass is 10.1. The van der Waals surface area contributed by atoms with Crippen molar-refractivity contribution in [2.45, 2.75) is 6.04 Å². The van der Waals surface area contributed by atoms with Gasteiger partial charge >= 0.3 is 0 Å². The Kier molecular flexibility index (Phi) is 2.80. The fourth-order valence-corrected chi connectivity index (χ4v) is 0.957. The van der Waals surface area contributed by atoms with Crippen molar-refractivity contribution in [1.29, 1.82) is 5.26 Å². The third-order valence-corrected chi connectivity index (χ3v) is 1.68. The van der Waals surface area contributed by atoms with Crippen LogP contribution in [0.2, 0.25) is 0 Å². The molecule has 5 nitrogen and oxygen atoms in total. The zero-order valence-corrected chi connectivity index (χ0v) is 7.07. The summed E-state index contributed by atoms with van der Waals surface area (Å²) in [6, 6.07) is 4.65. The minimum atomic E-state index is -0.409. The standard InChI is InChI=1S/C8H11N5/c9-3-5-1-2-6(11)8(13-5)7(12)4-10/h1-2,7H,4,10-12H2/t7-/m1/s1. The predicted molar refractivity (Wildman–Crippen MR) is 49.3 cm³/mol. The van der Waals surface area contributed by atoms with Gasteiger partial charge in [-0.05, 0) is 12.1 Å². The predicted octanol–water partition coefficient (Wildman–Crippen LogP) is -0.506. The molecule has 1 rings (SSSR count). The van der Waals surface area contributed by atoms with E-state index in [9.17, 15) is 0 Å². The third-order valence-electron chi connectivity index (χ3n) is 1.68. The van der Waals surface area contributed by atoms with Crippen molar-refractivity contribution < 1.29 is 0 Å². The number of aromatic nitrogens is 1. The zero-order chi connectivity index (χ0) is 9.84. The van der Waals surface area contributed by atoms with Crippen LogP contribution in [0.25, 0.3) is 0 Å². The highest BCUT2D eigenvalue weighted by atomic mass is 14.8. The summed E-state index contributed by atoms with van der Waals surface area (Å²) >= 11 is 0. The van der Waals surface area contributed by atoms with Crippen LogP contribution in [-0.4, -0.2) is 11.5 Å². The molecule has 0 fully saturated rings. The van der Waals surface area contributed by atoms with E-state index in [-0.39, 0.29) is 6.54 Å². The number of hydrogen-bond donors (Lipinski definition) is 3. The summed E-state index contributed by atoms with van der Waals surface area (Å²) in [5.74, 6) is 0. The van der Waals surface area contributed by atoms with Gasteiger partial charge in [0.05, 0.1) is 17.4 Å². The second-order valence-corrected chi connectivity index (χ2v) is 2.62. The van der Waals surface area contributed by atoms with Crippen LogP contribution < -0.4 is 17.2 Å². The van der Waals surface area contributed by atoms with Crippen molar-refractivity contribution in [2.24, 2.45) is 11.5 Å². The quantitative estimate of drug-likeness (QED) is 0.563. The Morgan fingerprint density at radius 2 is 2.23 bits per heavy atom. The van der Waals surface area contributed by atoms with Crippen LogP contribution in [-0.2, 0) is 0 Å². The molecule has 0 spiro atoms. The van der Waals surface area contributed by atoms with Gasteiger partial charge < -0.3 is 17.2 Å². The van der Waals surface area contributed by atoms with Crippen molar-refractivity contribution in [3.63, 3.8) is 0 Å². The fraction of sp³-hybridized carbons (Fsp3) is 0.250. The summed E-state index contributed by atoms with van der Waals surface area (Å²) in [7, 11) is 0. The minimum absolute atomic E-state index is 0.256. The van der Waals surface area contributed by atoms with Crippen LogP contribution in [0, 0.1) is 11.3 Å². The van der Waals surface area contributed by atoms with Crippen LogP contribution >= 0.6 is 0 Å². The van der Waals surface area contributed by atoms with E-state index in [1.807, 2.05) is 6.07 Å². The first-order valence-electron chi connectivity index (χ1n) is 3.81. The maximum absolute atomic E-state index is 8.58. The Morgan fingerprint density at radius 3 is 2.77 bits per heavy atom. The van der Waals surface area contributed by atoms with Gasteiger partial charge in [-0.3, -0.25) is 0 Å². The lowest BCUT2D eigenvalue weighted by Crippen LogP contribution is -2.23. The van der Waals surface area contributed by atoms with Crippen molar-refractivity contribution >= 4 is 5.69 Å². The second-order valence-electron chi connectivity index (χ2n) is 2.62. The molecule has 0 saturated heterocycles. The number of nitrogens with two attached hydrogens (primary N) is 3. The van der Waals surface area contributed by atoms with Crippen LogP contribution in [0.3, 0.4) is 0 Å². The van der Waals surface area contributed by atoms with Gasteiger partial charge in [-0.25, -0.2) is 4.98 Å². The highest BCUT2D eigenvalue weighted by molar-refractivity contribution is 5.46. The molecule has 5 heteroatoms. The molecule has 0 aliphatic heterocycles. The molecule has 0 amide bonds. The number of anilines is 1. The van der Waals surface area contributed by atoms with E-state index in [0.29, 0.717) is 17.1 Å². The Morgan fingerprint density at radius 1 is 1.54 bits per heavy atom. The van der Waals surface area contributed by atoms with Crippen molar-refractivity contribution in [2.75, 3.05) is 12.3 Å². The summed E-state index contributed by atoms with van der Waals surface area (Å²) < 4.78 is 0. The largest absolute Gasteiger partial charge is 0.397 e. The Balaban J connectivity index is 3.12. The van der Waals surface area contributed by atoms with Gasteiger partial charge in [-0.15, -0.1) is 0 Å². The van der Waals surface area contributed by atoms with Gasteiger partial charge in [-0.1, -0.05) is 0 Å². The molecule has 0 aliphatic rings. The van der Waals surface area contributed by atoms with E-state index in [4.69, 9.17) is 22.5 Å². The molecular weight excluding hydrogens is 166 g/mol. The monoisotopic (exact) mass is 177 g/mol. The summed E-state index contributed by atoms with van der Waals surface area (Å²) in [6.45, 7) is 0.256. The van der Waals surface area contributed by atoms with Crippen molar-refractivity contribution in [1.82, 2.24) is 4.98 Å². The molecule has 0 aliphatic carbocycles. The van der Waals surface area contributed by atoms with Gasteiger partial charge in [0.1, 0.15) is 11.8 Å². The SMILES string of the molecule is N#Cc1ccc(N)c([C@H](N)CN)n1. The molecule has 1 heterocycles. The number of nitriles is 1. The maximum atomic E-state index is 8.58. The minimum Gasteiger partial charge on any atom is -0.397 e. The maximum Gasteiger partial charge on any atom is 0.141 e. The molecule has 6 N–H and O–H groups in total. The van der Waals surface area contributed by atoms with E-state index in [1.165, 1.54) is 0 Å². The first-order valence-corrected chi connectivity index (χ1v) is 3.81. The topological polar surface area (TPSA) is 115 Å². The number of hydrogen-bond acceptors (Lipinski definition) is 5. The average Bonchev–Trinajstić information content (AvgIpc) is 2.17. The number of nitrogens with zero attached hydrogens (tertiary/aromatic N) is 2. The first kappa shape index (κ1) is 9.45. The molecule has 1 atom stereocenters. The lowest BCUT2D eigenvalue weighted by Gasteiger charge is -2.10. The zero-order valence-electron chi connectivity index (χ0n) is 7.07. The van der Waals surface area contributed by atoms with Crippen LogP contribution in [0.5, 0.6) is 0 Å². The molecule has 0 saturated carbocycles. The number of nitrogen functional groups attached to an aromatic ring is 1. The Bertz CT molecular complexity index is 341. The summed E-state index contributed by atoms with van der Waals surface area (Å²) in [5.41, 5.74) is 17.9. The molecule has 68 valence electrons. The summed E-state index contributed by atoms with van der Waals surface area (Å²) in [4.78, 5) is 3.97. The first-order chi connectivity index (χ1) is 6.19. The summed E-state index contributed by atoms with van der Waals surface area (Å²) in [6.07, 6.45) is 0. The van der Waals surface area contributed by atoms with Gasteiger partial charge in [0.25, 0.3) is 0 Å². The van der Waals surface area contributed by atoms with Gasteiger partial charge in [0, 0.05) is 6.54 Å². The van der Waals surface area contributed by atoms with Crippen molar-refractivity contribution in [3.8, 4) is 6.07 Å². The molecule has 0 bridgehead atoms. The van der Waals surface area contributed by atoms with Gasteiger partial charge in [0.15, 0.2) is 0 Å². The average molecular weight is 177 g/mol. The van der Waals surface area contributed by atoms with Crippen LogP contribution in [0.15, 0.2) is 12.1 Å². The third kappa shape index (κ3) is 1.93. The van der Waals surface area contributed by atoms with Crippen molar-refractivity contribution in [3.05, 3.63) is 23.5 Å². The molecule has 0 radical (unpaired) electrons. The van der Waals surface area contributed by atoms with E-state index >= 15 is 0 Å². The highest BCUT2D eigenvalue weighted by Gasteiger charge is 2.09. The molecule has 1 aromatic heterocycles. The molecule has 0 aromatic carbocycles. The Hall–Kier alpha value is -1.64. The second kappa shape index (κ2) is 3.85. The van der Waals surface area contributed by atoms with Gasteiger partial charge in [-0.2, -0.15) is 5.26 Å². The molecule has 0 unspecified atom stereocenters. The van der Waals surface area contributed by atoms with E-state index in [2.05, 4.69) is 4.98 Å². The van der Waals surface area contributed by atoms with Crippen LogP contribution in [0.4, 0.5) is 5.69 Å². The highest BCUT2D eigenvalue weighted by Crippen LogP contribution is 2.15. The molecule has 13 heavy (non-hydrogen) atoms. The Labute approximate surface area is 76.2 Å². The van der Waals surface area contributed by atoms with E-state index in [1.54, 1.807) is 12.1 Å². The smallest absolute Gasteiger partial charge is 0.141 e. The normalized spacial score (nSPS) is 12.1. The molecule has 1 aromatic rings. The van der Waals surface area contributed by atoms with Crippen LogP contribution in [0.1, 0.15) is 17.4 Å².